The number of Topliss-reactive ketones (excluding diaryl/α,β-unsaturated/α-hetero) is 1. The van der Waals surface area contributed by atoms with Crippen LogP contribution in [0.1, 0.15) is 32.5 Å². The highest BCUT2D eigenvalue weighted by Gasteiger charge is 2.44. The highest BCUT2D eigenvalue weighted by molar-refractivity contribution is 6.16. The van der Waals surface area contributed by atoms with E-state index in [0.717, 1.165) is 0 Å². The minimum Gasteiger partial charge on any atom is -0.503 e. The summed E-state index contributed by atoms with van der Waals surface area (Å²) < 4.78 is 15.9. The minimum absolute atomic E-state index is 0.0236. The van der Waals surface area contributed by atoms with Crippen LogP contribution >= 0.6 is 0 Å². The lowest BCUT2D eigenvalue weighted by Crippen LogP contribution is -2.36. The number of carbonyl (C=O) groups is 3. The van der Waals surface area contributed by atoms with Gasteiger partial charge in [-0.25, -0.2) is 4.79 Å². The van der Waals surface area contributed by atoms with Gasteiger partial charge in [0.05, 0.1) is 31.4 Å². The summed E-state index contributed by atoms with van der Waals surface area (Å²) in [6.45, 7) is 0.781. The number of rotatable bonds is 8. The molecule has 2 aromatic carbocycles. The SMILES string of the molecule is COC(=O)c1ccc([C@@H]2C(C(=O)c3cc4cccc(OC)c4o3)=C(O)C(=O)N2CCN(C)C)cc1. The van der Waals surface area contributed by atoms with Gasteiger partial charge in [0.2, 0.25) is 5.78 Å². The lowest BCUT2D eigenvalue weighted by molar-refractivity contribution is -0.129. The van der Waals surface area contributed by atoms with Gasteiger partial charge in [0.1, 0.15) is 0 Å². The van der Waals surface area contributed by atoms with Gasteiger partial charge >= 0.3 is 5.97 Å². The monoisotopic (exact) mass is 478 g/mol. The number of hydrogen-bond donors (Lipinski definition) is 1. The van der Waals surface area contributed by atoms with Crippen molar-refractivity contribution >= 4 is 28.6 Å². The fourth-order valence-corrected chi connectivity index (χ4v) is 4.13. The van der Waals surface area contributed by atoms with Crippen molar-refractivity contribution in [3.05, 3.63) is 76.8 Å². The first-order chi connectivity index (χ1) is 16.8. The van der Waals surface area contributed by atoms with Gasteiger partial charge in [-0.3, -0.25) is 9.59 Å². The van der Waals surface area contributed by atoms with Crippen LogP contribution in [0.25, 0.3) is 11.0 Å². The Hall–Kier alpha value is -4.11. The zero-order valence-electron chi connectivity index (χ0n) is 19.9. The van der Waals surface area contributed by atoms with Crippen molar-refractivity contribution in [1.29, 1.82) is 0 Å². The Labute approximate surface area is 202 Å². The second kappa shape index (κ2) is 9.63. The molecule has 0 aliphatic carbocycles. The van der Waals surface area contributed by atoms with Crippen LogP contribution in [-0.2, 0) is 9.53 Å². The van der Waals surface area contributed by atoms with E-state index in [-0.39, 0.29) is 17.9 Å². The van der Waals surface area contributed by atoms with Crippen LogP contribution in [0.2, 0.25) is 0 Å². The van der Waals surface area contributed by atoms with Crippen molar-refractivity contribution in [2.24, 2.45) is 0 Å². The normalized spacial score (nSPS) is 15.9. The van der Waals surface area contributed by atoms with E-state index in [1.54, 1.807) is 48.5 Å². The van der Waals surface area contributed by atoms with Crippen LogP contribution in [0.4, 0.5) is 0 Å². The first-order valence-electron chi connectivity index (χ1n) is 10.9. The highest BCUT2D eigenvalue weighted by atomic mass is 16.5. The molecule has 1 atom stereocenters. The highest BCUT2D eigenvalue weighted by Crippen LogP contribution is 2.40. The molecule has 1 amide bonds. The molecule has 0 fully saturated rings. The Balaban J connectivity index is 1.78. The number of aliphatic hydroxyl groups is 1. The van der Waals surface area contributed by atoms with Crippen LogP contribution < -0.4 is 4.74 Å². The molecule has 0 unspecified atom stereocenters. The van der Waals surface area contributed by atoms with E-state index in [0.29, 0.717) is 34.4 Å². The summed E-state index contributed by atoms with van der Waals surface area (Å²) >= 11 is 0. The zero-order chi connectivity index (χ0) is 25.3. The molecule has 3 aromatic rings. The predicted octanol–water partition coefficient (Wildman–Crippen LogP) is 3.37. The van der Waals surface area contributed by atoms with Gasteiger partial charge in [0, 0.05) is 18.5 Å². The van der Waals surface area contributed by atoms with E-state index in [1.165, 1.54) is 19.1 Å². The molecule has 0 spiro atoms. The van der Waals surface area contributed by atoms with Crippen LogP contribution in [0, 0.1) is 0 Å². The van der Waals surface area contributed by atoms with Crippen molar-refractivity contribution in [3.8, 4) is 5.75 Å². The molecular formula is C26H26N2O7. The number of esters is 1. The number of nitrogens with zero attached hydrogens (tertiary/aromatic N) is 2. The summed E-state index contributed by atoms with van der Waals surface area (Å²) in [6.07, 6.45) is 0. The molecular weight excluding hydrogens is 452 g/mol. The maximum Gasteiger partial charge on any atom is 0.337 e. The largest absolute Gasteiger partial charge is 0.503 e. The summed E-state index contributed by atoms with van der Waals surface area (Å²) in [6, 6.07) is 12.3. The van der Waals surface area contributed by atoms with Gasteiger partial charge in [-0.1, -0.05) is 24.3 Å². The number of fused-ring (bicyclic) bond motifs is 1. The van der Waals surface area contributed by atoms with Gasteiger partial charge in [0.25, 0.3) is 5.91 Å². The maximum absolute atomic E-state index is 13.6. The molecule has 1 aromatic heterocycles. The van der Waals surface area contributed by atoms with Gasteiger partial charge in [0.15, 0.2) is 22.9 Å². The Morgan fingerprint density at radius 2 is 1.83 bits per heavy atom. The lowest BCUT2D eigenvalue weighted by atomic mass is 9.94. The summed E-state index contributed by atoms with van der Waals surface area (Å²) in [5, 5.41) is 11.5. The van der Waals surface area contributed by atoms with E-state index in [2.05, 4.69) is 0 Å². The molecule has 1 aliphatic rings. The van der Waals surface area contributed by atoms with E-state index < -0.39 is 29.5 Å². The van der Waals surface area contributed by atoms with Crippen LogP contribution in [0.15, 0.2) is 64.3 Å². The van der Waals surface area contributed by atoms with Crippen molar-refractivity contribution in [2.45, 2.75) is 6.04 Å². The molecule has 2 heterocycles. The third kappa shape index (κ3) is 4.38. The number of furan rings is 1. The number of carbonyl (C=O) groups excluding carboxylic acids is 3. The Bertz CT molecular complexity index is 1320. The quantitative estimate of drug-likeness (QED) is 0.388. The topological polar surface area (TPSA) is 110 Å². The molecule has 0 saturated heterocycles. The molecule has 9 nitrogen and oxygen atoms in total. The second-order valence-electron chi connectivity index (χ2n) is 8.40. The molecule has 1 N–H and O–H groups in total. The number of aliphatic hydroxyl groups excluding tert-OH is 1. The first kappa shape index (κ1) is 24.0. The van der Waals surface area contributed by atoms with Crippen molar-refractivity contribution in [2.75, 3.05) is 41.4 Å². The van der Waals surface area contributed by atoms with E-state index >= 15 is 0 Å². The number of likely N-dealkylation sites (N-methyl/N-ethyl adjacent to an activating group) is 1. The number of ether oxygens (including phenoxy) is 2. The van der Waals surface area contributed by atoms with Gasteiger partial charge in [-0.05, 0) is 43.9 Å². The zero-order valence-corrected chi connectivity index (χ0v) is 19.9. The van der Waals surface area contributed by atoms with Crippen LogP contribution in [-0.4, -0.2) is 74.0 Å². The number of ketones is 1. The fraction of sp³-hybridized carbons (Fsp3) is 0.269. The number of methoxy groups -OCH3 is 2. The summed E-state index contributed by atoms with van der Waals surface area (Å²) in [5.41, 5.74) is 1.19. The Kier molecular flexibility index (Phi) is 6.61. The van der Waals surface area contributed by atoms with E-state index in [4.69, 9.17) is 13.9 Å². The average Bonchev–Trinajstić information content (AvgIpc) is 3.41. The lowest BCUT2D eigenvalue weighted by Gasteiger charge is -2.28. The molecule has 9 heteroatoms. The molecule has 0 bridgehead atoms. The van der Waals surface area contributed by atoms with E-state index in [9.17, 15) is 19.5 Å². The molecule has 0 saturated carbocycles. The fourth-order valence-electron chi connectivity index (χ4n) is 4.13. The molecule has 1 aliphatic heterocycles. The van der Waals surface area contributed by atoms with Crippen molar-refractivity contribution in [3.63, 3.8) is 0 Å². The van der Waals surface area contributed by atoms with Gasteiger partial charge in [-0.15, -0.1) is 0 Å². The molecule has 35 heavy (non-hydrogen) atoms. The number of para-hydroxylation sites is 1. The Morgan fingerprint density at radius 3 is 2.46 bits per heavy atom. The molecule has 4 rings (SSSR count). The van der Waals surface area contributed by atoms with E-state index in [1.807, 2.05) is 19.0 Å². The van der Waals surface area contributed by atoms with Crippen molar-refractivity contribution < 1.29 is 33.4 Å². The number of amides is 1. The third-order valence-electron chi connectivity index (χ3n) is 5.94. The molecule has 0 radical (unpaired) electrons. The van der Waals surface area contributed by atoms with Crippen LogP contribution in [0.3, 0.4) is 0 Å². The average molecular weight is 479 g/mol. The number of benzene rings is 2. The minimum atomic E-state index is -0.864. The summed E-state index contributed by atoms with van der Waals surface area (Å²) in [4.78, 5) is 41.9. The van der Waals surface area contributed by atoms with Crippen LogP contribution in [0.5, 0.6) is 5.75 Å². The van der Waals surface area contributed by atoms with Gasteiger partial charge < -0.3 is 28.8 Å². The van der Waals surface area contributed by atoms with Crippen molar-refractivity contribution in [1.82, 2.24) is 9.80 Å². The summed E-state index contributed by atoms with van der Waals surface area (Å²) in [5.74, 6) is -1.94. The maximum atomic E-state index is 13.6. The third-order valence-corrected chi connectivity index (χ3v) is 5.94. The predicted molar refractivity (Wildman–Crippen MR) is 128 cm³/mol. The number of hydrogen-bond acceptors (Lipinski definition) is 8. The van der Waals surface area contributed by atoms with Gasteiger partial charge in [-0.2, -0.15) is 0 Å². The first-order valence-corrected chi connectivity index (χ1v) is 10.9. The standard InChI is InChI=1S/C26H26N2O7/c1-27(2)12-13-28-21(15-8-10-16(11-9-15)26(32)34-4)20(23(30)25(28)31)22(29)19-14-17-6-5-7-18(33-3)24(17)35-19/h5-11,14,21,30H,12-13H2,1-4H3/t21-/m1/s1. The summed E-state index contributed by atoms with van der Waals surface area (Å²) in [7, 11) is 6.51. The Morgan fingerprint density at radius 1 is 1.11 bits per heavy atom. The smallest absolute Gasteiger partial charge is 0.337 e. The molecule has 182 valence electrons. The second-order valence-corrected chi connectivity index (χ2v) is 8.40.